The molecule has 1 aliphatic heterocycles. The van der Waals surface area contributed by atoms with Gasteiger partial charge in [-0.25, -0.2) is 4.98 Å². The molecule has 4 rings (SSSR count). The molecule has 3 aromatic rings. The number of benzene rings is 1. The number of carbonyl (C=O) groups excluding carboxylic acids is 2. The van der Waals surface area contributed by atoms with Gasteiger partial charge < -0.3 is 9.80 Å². The van der Waals surface area contributed by atoms with E-state index in [4.69, 9.17) is 6.42 Å². The van der Waals surface area contributed by atoms with Gasteiger partial charge in [0.2, 0.25) is 5.91 Å². The number of nitrogens with zero attached hydrogens (tertiary/aromatic N) is 5. The first-order valence-corrected chi connectivity index (χ1v) is 12.9. The number of hydrogen-bond donors (Lipinski definition) is 1. The second-order valence-electron chi connectivity index (χ2n) is 8.84. The zero-order chi connectivity index (χ0) is 26.4. The Kier molecular flexibility index (Phi) is 8.21. The number of terminal acetylenes is 1. The predicted molar refractivity (Wildman–Crippen MR) is 149 cm³/mol. The molecule has 190 valence electrons. The van der Waals surface area contributed by atoms with Crippen LogP contribution in [0.25, 0.3) is 5.57 Å². The van der Waals surface area contributed by atoms with Gasteiger partial charge in [-0.15, -0.1) is 17.8 Å². The number of nitrogens with one attached hydrogen (secondary N) is 1. The van der Waals surface area contributed by atoms with Crippen molar-refractivity contribution in [1.29, 1.82) is 0 Å². The van der Waals surface area contributed by atoms with E-state index in [1.165, 1.54) is 11.3 Å². The van der Waals surface area contributed by atoms with Crippen LogP contribution in [0.4, 0.5) is 10.8 Å². The topological polar surface area (TPSA) is 83.4 Å². The van der Waals surface area contributed by atoms with E-state index in [1.54, 1.807) is 16.8 Å². The molecule has 1 fully saturated rings. The maximum atomic E-state index is 13.2. The smallest absolute Gasteiger partial charge is 0.259 e. The predicted octanol–water partition coefficient (Wildman–Crippen LogP) is 4.15. The van der Waals surface area contributed by atoms with Gasteiger partial charge in [-0.1, -0.05) is 30.2 Å². The van der Waals surface area contributed by atoms with Crippen molar-refractivity contribution in [2.75, 3.05) is 36.4 Å². The number of anilines is 2. The minimum absolute atomic E-state index is 0.0515. The van der Waals surface area contributed by atoms with Crippen molar-refractivity contribution >= 4 is 39.5 Å². The molecular formula is C28H30N6O2S. The van der Waals surface area contributed by atoms with Crippen molar-refractivity contribution in [1.82, 2.24) is 19.7 Å². The highest BCUT2D eigenvalue weighted by Crippen LogP contribution is 2.26. The molecule has 1 aromatic carbocycles. The van der Waals surface area contributed by atoms with Crippen LogP contribution in [0.2, 0.25) is 0 Å². The number of aryl methyl sites for hydroxylation is 2. The van der Waals surface area contributed by atoms with Crippen molar-refractivity contribution in [3.8, 4) is 12.3 Å². The highest BCUT2D eigenvalue weighted by molar-refractivity contribution is 7.14. The first-order valence-electron chi connectivity index (χ1n) is 12.1. The maximum absolute atomic E-state index is 13.2. The number of para-hydroxylation sites is 1. The monoisotopic (exact) mass is 514 g/mol. The second kappa shape index (κ2) is 11.7. The number of thiazole rings is 1. The van der Waals surface area contributed by atoms with Gasteiger partial charge in [-0.05, 0) is 50.6 Å². The zero-order valence-electron chi connectivity index (χ0n) is 21.3. The van der Waals surface area contributed by atoms with E-state index in [9.17, 15) is 9.59 Å². The van der Waals surface area contributed by atoms with Gasteiger partial charge in [0.05, 0.1) is 17.0 Å². The Balaban J connectivity index is 1.39. The molecule has 0 bridgehead atoms. The summed E-state index contributed by atoms with van der Waals surface area (Å²) in [6.07, 6.45) is 10.5. The van der Waals surface area contributed by atoms with Crippen LogP contribution in [0.3, 0.4) is 0 Å². The molecule has 0 radical (unpaired) electrons. The van der Waals surface area contributed by atoms with Gasteiger partial charge >= 0.3 is 0 Å². The van der Waals surface area contributed by atoms with E-state index in [2.05, 4.69) is 26.2 Å². The molecule has 1 aliphatic rings. The lowest BCUT2D eigenvalue weighted by atomic mass is 10.1. The number of rotatable bonds is 7. The molecule has 9 heteroatoms. The molecule has 0 unspecified atom stereocenters. The highest BCUT2D eigenvalue weighted by Gasteiger charge is 2.25. The third-order valence-electron chi connectivity index (χ3n) is 6.18. The van der Waals surface area contributed by atoms with Crippen molar-refractivity contribution in [3.63, 3.8) is 0 Å². The number of hydrogen-bond acceptors (Lipinski definition) is 6. The fourth-order valence-electron chi connectivity index (χ4n) is 4.21. The van der Waals surface area contributed by atoms with Crippen LogP contribution in [-0.4, -0.2) is 57.7 Å². The van der Waals surface area contributed by atoms with E-state index in [-0.39, 0.29) is 18.4 Å². The van der Waals surface area contributed by atoms with E-state index >= 15 is 0 Å². The van der Waals surface area contributed by atoms with Crippen molar-refractivity contribution in [3.05, 3.63) is 76.6 Å². The highest BCUT2D eigenvalue weighted by atomic mass is 32.1. The van der Waals surface area contributed by atoms with Crippen LogP contribution in [0, 0.1) is 26.2 Å². The van der Waals surface area contributed by atoms with Gasteiger partial charge in [0.25, 0.3) is 5.91 Å². The summed E-state index contributed by atoms with van der Waals surface area (Å²) in [6, 6.07) is 9.50. The molecule has 1 saturated heterocycles. The van der Waals surface area contributed by atoms with Crippen LogP contribution in [0.1, 0.15) is 34.4 Å². The van der Waals surface area contributed by atoms with Gasteiger partial charge in [0.1, 0.15) is 6.54 Å². The summed E-state index contributed by atoms with van der Waals surface area (Å²) in [4.78, 5) is 34.6. The van der Waals surface area contributed by atoms with Crippen molar-refractivity contribution in [2.45, 2.75) is 27.3 Å². The van der Waals surface area contributed by atoms with Gasteiger partial charge in [-0.3, -0.25) is 19.6 Å². The summed E-state index contributed by atoms with van der Waals surface area (Å²) >= 11 is 1.37. The Hall–Kier alpha value is -4.16. The average Bonchev–Trinajstić information content (AvgIpc) is 3.49. The Morgan fingerprint density at radius 1 is 1.19 bits per heavy atom. The summed E-state index contributed by atoms with van der Waals surface area (Å²) in [6.45, 7) is 8.52. The van der Waals surface area contributed by atoms with Crippen molar-refractivity contribution in [2.24, 2.45) is 0 Å². The Labute approximate surface area is 221 Å². The summed E-state index contributed by atoms with van der Waals surface area (Å²) in [5.74, 6) is 2.29. The minimum atomic E-state index is -0.214. The third kappa shape index (κ3) is 6.35. The lowest BCUT2D eigenvalue weighted by molar-refractivity contribution is -0.132. The summed E-state index contributed by atoms with van der Waals surface area (Å²) < 4.78 is 1.75. The molecule has 0 spiro atoms. The van der Waals surface area contributed by atoms with Crippen LogP contribution in [0.15, 0.2) is 53.9 Å². The van der Waals surface area contributed by atoms with Crippen LogP contribution >= 0.6 is 11.3 Å². The summed E-state index contributed by atoms with van der Waals surface area (Å²) in [5, 5.41) is 9.76. The van der Waals surface area contributed by atoms with E-state index in [0.717, 1.165) is 28.3 Å². The van der Waals surface area contributed by atoms with Gasteiger partial charge in [0.15, 0.2) is 5.13 Å². The number of carbonyl (C=O) groups is 2. The van der Waals surface area contributed by atoms with E-state index in [0.29, 0.717) is 36.9 Å². The van der Waals surface area contributed by atoms with E-state index < -0.39 is 0 Å². The standard InChI is InChI=1S/C28H30N6O2S/c1-5-6-7-10-20(2)24-19-37-28(29-24)30-27(36)23-11-8-9-12-25(23)32-13-15-33(16-14-32)26(35)18-34-22(4)17-21(3)31-34/h1,6-12,17,19H,13-16,18H2,2-4H3,(H,29,30,36)/b7-6-,20-10+. The molecule has 0 atom stereocenters. The molecule has 37 heavy (non-hydrogen) atoms. The Bertz CT molecular complexity index is 1390. The fourth-order valence-corrected chi connectivity index (χ4v) is 4.98. The molecule has 0 aliphatic carbocycles. The number of piperazine rings is 1. The normalized spacial score (nSPS) is 14.2. The quantitative estimate of drug-likeness (QED) is 0.378. The van der Waals surface area contributed by atoms with Gasteiger partial charge in [-0.2, -0.15) is 5.10 Å². The third-order valence-corrected chi connectivity index (χ3v) is 6.94. The van der Waals surface area contributed by atoms with Gasteiger partial charge in [0, 0.05) is 42.9 Å². The van der Waals surface area contributed by atoms with Crippen LogP contribution in [-0.2, 0) is 11.3 Å². The summed E-state index contributed by atoms with van der Waals surface area (Å²) in [5.41, 5.74) is 5.04. The van der Waals surface area contributed by atoms with E-state index in [1.807, 2.05) is 67.5 Å². The molecular weight excluding hydrogens is 484 g/mol. The lowest BCUT2D eigenvalue weighted by Gasteiger charge is -2.36. The molecule has 3 heterocycles. The SMILES string of the molecule is C#C/C=C\C=C(/C)c1csc(NC(=O)c2ccccc2N2CCN(C(=O)Cn3nc(C)cc3C)CC2)n1. The first-order chi connectivity index (χ1) is 17.9. The van der Waals surface area contributed by atoms with Crippen LogP contribution in [0.5, 0.6) is 0 Å². The second-order valence-corrected chi connectivity index (χ2v) is 9.70. The molecule has 2 amide bonds. The molecule has 8 nitrogen and oxygen atoms in total. The fraction of sp³-hybridized carbons (Fsp3) is 0.286. The maximum Gasteiger partial charge on any atom is 0.259 e. The number of amides is 2. The molecule has 1 N–H and O–H groups in total. The largest absolute Gasteiger partial charge is 0.367 e. The lowest BCUT2D eigenvalue weighted by Crippen LogP contribution is -2.50. The number of allylic oxidation sites excluding steroid dienone is 4. The molecule has 0 saturated carbocycles. The number of aromatic nitrogens is 3. The zero-order valence-corrected chi connectivity index (χ0v) is 22.1. The summed E-state index contributed by atoms with van der Waals surface area (Å²) in [7, 11) is 0. The molecule has 2 aromatic heterocycles. The van der Waals surface area contributed by atoms with Crippen LogP contribution < -0.4 is 10.2 Å². The first kappa shape index (κ1) is 25.9. The van der Waals surface area contributed by atoms with Crippen molar-refractivity contribution < 1.29 is 9.59 Å². The Morgan fingerprint density at radius 3 is 2.65 bits per heavy atom. The average molecular weight is 515 g/mol. The Morgan fingerprint density at radius 2 is 1.95 bits per heavy atom. The minimum Gasteiger partial charge on any atom is -0.367 e.